The third-order valence-corrected chi connectivity index (χ3v) is 6.94. The number of aromatic amines is 1. The summed E-state index contributed by atoms with van der Waals surface area (Å²) >= 11 is 0. The predicted octanol–water partition coefficient (Wildman–Crippen LogP) is 5.25. The number of aromatic nitrogens is 4. The Hall–Kier alpha value is -4.52. The largest absolute Gasteiger partial charge is 0.348 e. The lowest BCUT2D eigenvalue weighted by molar-refractivity contribution is 0.0951. The Morgan fingerprint density at radius 3 is 2.62 bits per heavy atom. The van der Waals surface area contributed by atoms with Crippen LogP contribution in [0.5, 0.6) is 0 Å². The van der Waals surface area contributed by atoms with Crippen molar-refractivity contribution in [1.29, 1.82) is 0 Å². The summed E-state index contributed by atoms with van der Waals surface area (Å²) in [6.07, 6.45) is 3.28. The summed E-state index contributed by atoms with van der Waals surface area (Å²) in [7, 11) is 0. The maximum atomic E-state index is 13.5. The average molecular weight is 492 g/mol. The van der Waals surface area contributed by atoms with Crippen LogP contribution in [0.25, 0.3) is 22.2 Å². The molecule has 7 nitrogen and oxygen atoms in total. The molecule has 0 aliphatic heterocycles. The molecule has 0 aliphatic carbocycles. The number of benzene rings is 2. The Morgan fingerprint density at radius 2 is 1.86 bits per heavy atom. The van der Waals surface area contributed by atoms with Gasteiger partial charge in [-0.1, -0.05) is 36.4 Å². The van der Waals surface area contributed by atoms with E-state index in [1.165, 1.54) is 0 Å². The van der Waals surface area contributed by atoms with Gasteiger partial charge in [0.1, 0.15) is 6.33 Å². The number of hydrogen-bond acceptors (Lipinski definition) is 4. The highest BCUT2D eigenvalue weighted by Crippen LogP contribution is 2.33. The molecule has 0 saturated heterocycles. The van der Waals surface area contributed by atoms with Gasteiger partial charge in [0, 0.05) is 46.2 Å². The minimum absolute atomic E-state index is 0.0320. The van der Waals surface area contributed by atoms with Crippen LogP contribution in [-0.4, -0.2) is 25.4 Å². The summed E-state index contributed by atoms with van der Waals surface area (Å²) in [6, 6.07) is 20.0. The van der Waals surface area contributed by atoms with Crippen LogP contribution in [0.15, 0.2) is 78.0 Å². The minimum Gasteiger partial charge on any atom is -0.348 e. The summed E-state index contributed by atoms with van der Waals surface area (Å²) in [5, 5.41) is 3.87. The molecule has 186 valence electrons. The smallest absolute Gasteiger partial charge is 0.254 e. The van der Waals surface area contributed by atoms with Crippen LogP contribution >= 0.6 is 0 Å². The Balaban J connectivity index is 1.51. The first kappa shape index (κ1) is 24.2. The first-order valence-corrected chi connectivity index (χ1v) is 12.3. The molecule has 7 heteroatoms. The molecule has 5 rings (SSSR count). The summed E-state index contributed by atoms with van der Waals surface area (Å²) < 4.78 is 2.20. The molecule has 1 atom stereocenters. The Kier molecular flexibility index (Phi) is 6.44. The van der Waals surface area contributed by atoms with Crippen molar-refractivity contribution in [3.05, 3.63) is 117 Å². The molecule has 1 unspecified atom stereocenters. The van der Waals surface area contributed by atoms with Gasteiger partial charge >= 0.3 is 0 Å². The van der Waals surface area contributed by atoms with E-state index in [0.29, 0.717) is 11.1 Å². The van der Waals surface area contributed by atoms with Gasteiger partial charge in [0.25, 0.3) is 11.5 Å². The van der Waals surface area contributed by atoms with Gasteiger partial charge in [-0.05, 0) is 63.1 Å². The number of carbonyl (C=O) groups excluding carboxylic acids is 1. The monoisotopic (exact) mass is 491 g/mol. The van der Waals surface area contributed by atoms with Gasteiger partial charge in [0.15, 0.2) is 0 Å². The van der Waals surface area contributed by atoms with Crippen LogP contribution in [0.1, 0.15) is 51.4 Å². The molecule has 0 aliphatic rings. The van der Waals surface area contributed by atoms with E-state index in [1.54, 1.807) is 12.5 Å². The lowest BCUT2D eigenvalue weighted by atomic mass is 10.0. The van der Waals surface area contributed by atoms with Crippen molar-refractivity contribution < 1.29 is 4.79 Å². The molecular weight excluding hydrogens is 462 g/mol. The van der Waals surface area contributed by atoms with E-state index in [1.807, 2.05) is 69.3 Å². The van der Waals surface area contributed by atoms with Gasteiger partial charge in [-0.15, -0.1) is 0 Å². The molecule has 2 N–H and O–H groups in total. The second-order valence-electron chi connectivity index (χ2n) is 9.37. The van der Waals surface area contributed by atoms with Crippen molar-refractivity contribution in [1.82, 2.24) is 24.8 Å². The number of nitrogens with zero attached hydrogens (tertiary/aromatic N) is 3. The normalized spacial score (nSPS) is 12.0. The van der Waals surface area contributed by atoms with Gasteiger partial charge in [0.2, 0.25) is 0 Å². The highest BCUT2D eigenvalue weighted by atomic mass is 16.2. The minimum atomic E-state index is -0.200. The van der Waals surface area contributed by atoms with Gasteiger partial charge < -0.3 is 14.9 Å². The van der Waals surface area contributed by atoms with Crippen LogP contribution in [0.3, 0.4) is 0 Å². The maximum Gasteiger partial charge on any atom is 0.254 e. The fraction of sp³-hybridized carbons (Fsp3) is 0.200. The SMILES string of the molecule is Cc1cc(C)c(CNC(=O)c2c(C)n(C(C)c3cccc(-c4ccncn4)c3)c3ccccc23)c(=O)[nH]1. The second-order valence-corrected chi connectivity index (χ2v) is 9.37. The molecule has 0 saturated carbocycles. The predicted molar refractivity (Wildman–Crippen MR) is 146 cm³/mol. The van der Waals surface area contributed by atoms with E-state index >= 15 is 0 Å². The number of para-hydroxylation sites is 1. The lowest BCUT2D eigenvalue weighted by Crippen LogP contribution is -2.28. The van der Waals surface area contributed by atoms with Crippen molar-refractivity contribution in [3.63, 3.8) is 0 Å². The first-order chi connectivity index (χ1) is 17.8. The summed E-state index contributed by atoms with van der Waals surface area (Å²) in [5.41, 5.74) is 7.50. The zero-order valence-corrected chi connectivity index (χ0v) is 21.4. The molecule has 0 bridgehead atoms. The van der Waals surface area contributed by atoms with Crippen molar-refractivity contribution in [2.45, 2.75) is 40.3 Å². The van der Waals surface area contributed by atoms with Gasteiger partial charge in [-0.25, -0.2) is 9.97 Å². The Bertz CT molecular complexity index is 1670. The number of H-pyrrole nitrogens is 1. The van der Waals surface area contributed by atoms with E-state index in [0.717, 1.165) is 44.7 Å². The molecule has 5 aromatic rings. The van der Waals surface area contributed by atoms with Crippen molar-refractivity contribution in [2.75, 3.05) is 0 Å². The molecular formula is C30H29N5O2. The van der Waals surface area contributed by atoms with Crippen LogP contribution in [0.2, 0.25) is 0 Å². The number of pyridine rings is 1. The zero-order valence-electron chi connectivity index (χ0n) is 21.4. The topological polar surface area (TPSA) is 92.7 Å². The van der Waals surface area contributed by atoms with Crippen molar-refractivity contribution >= 4 is 16.8 Å². The highest BCUT2D eigenvalue weighted by molar-refractivity contribution is 6.08. The molecule has 3 aromatic heterocycles. The van der Waals surface area contributed by atoms with Gasteiger partial charge in [0.05, 0.1) is 17.3 Å². The molecule has 37 heavy (non-hydrogen) atoms. The molecule has 0 fully saturated rings. The van der Waals surface area contributed by atoms with Crippen molar-refractivity contribution in [2.24, 2.45) is 0 Å². The Labute approximate surface area is 215 Å². The van der Waals surface area contributed by atoms with Crippen LogP contribution in [0.4, 0.5) is 0 Å². The van der Waals surface area contributed by atoms with E-state index in [4.69, 9.17) is 0 Å². The zero-order chi connectivity index (χ0) is 26.1. The van der Waals surface area contributed by atoms with Crippen LogP contribution in [-0.2, 0) is 6.54 Å². The number of hydrogen-bond donors (Lipinski definition) is 2. The lowest BCUT2D eigenvalue weighted by Gasteiger charge is -2.19. The fourth-order valence-corrected chi connectivity index (χ4v) is 5.10. The van der Waals surface area contributed by atoms with Gasteiger partial charge in [-0.3, -0.25) is 9.59 Å². The molecule has 0 spiro atoms. The summed E-state index contributed by atoms with van der Waals surface area (Å²) in [4.78, 5) is 37.2. The van der Waals surface area contributed by atoms with E-state index in [2.05, 4.69) is 43.9 Å². The Morgan fingerprint density at radius 1 is 1.05 bits per heavy atom. The fourth-order valence-electron chi connectivity index (χ4n) is 5.10. The maximum absolute atomic E-state index is 13.5. The van der Waals surface area contributed by atoms with Gasteiger partial charge in [-0.2, -0.15) is 0 Å². The standard InChI is InChI=1S/C30H29N5O2/c1-18-14-19(2)34-29(36)25(18)16-32-30(37)28-21(4)35(27-11-6-5-10-24(27)28)20(3)22-8-7-9-23(15-22)26-12-13-31-17-33-26/h5-15,17,20H,16H2,1-4H3,(H,32,37)(H,34,36). The van der Waals surface area contributed by atoms with Crippen LogP contribution < -0.4 is 10.9 Å². The quantitative estimate of drug-likeness (QED) is 0.339. The van der Waals surface area contributed by atoms with Crippen molar-refractivity contribution in [3.8, 4) is 11.3 Å². The number of amides is 1. The summed E-state index contributed by atoms with van der Waals surface area (Å²) in [6.45, 7) is 8.01. The second kappa shape index (κ2) is 9.85. The summed E-state index contributed by atoms with van der Waals surface area (Å²) in [5.74, 6) is -0.200. The number of rotatable bonds is 6. The third kappa shape index (κ3) is 4.56. The number of fused-ring (bicyclic) bond motifs is 1. The van der Waals surface area contributed by atoms with E-state index in [-0.39, 0.29) is 24.1 Å². The molecule has 3 heterocycles. The first-order valence-electron chi connectivity index (χ1n) is 12.3. The molecule has 0 radical (unpaired) electrons. The number of nitrogens with one attached hydrogen (secondary N) is 2. The molecule has 1 amide bonds. The number of aryl methyl sites for hydroxylation is 2. The van der Waals surface area contributed by atoms with E-state index < -0.39 is 0 Å². The molecule has 2 aromatic carbocycles. The van der Waals surface area contributed by atoms with Crippen LogP contribution in [0, 0.1) is 20.8 Å². The third-order valence-electron chi connectivity index (χ3n) is 6.94. The van der Waals surface area contributed by atoms with E-state index in [9.17, 15) is 9.59 Å². The average Bonchev–Trinajstić information content (AvgIpc) is 3.19. The highest BCUT2D eigenvalue weighted by Gasteiger charge is 2.23. The number of carbonyl (C=O) groups is 1.